The molecule has 1 aromatic rings. The first-order chi connectivity index (χ1) is 13.6. The van der Waals surface area contributed by atoms with Gasteiger partial charge in [0, 0.05) is 6.54 Å². The molecule has 1 aromatic carbocycles. The van der Waals surface area contributed by atoms with E-state index in [-0.39, 0.29) is 5.69 Å². The van der Waals surface area contributed by atoms with E-state index in [4.69, 9.17) is 9.47 Å². The number of nitrogens with zero attached hydrogens (tertiary/aromatic N) is 1. The summed E-state index contributed by atoms with van der Waals surface area (Å²) < 4.78 is 23.7. The minimum atomic E-state index is -0.965. The second kappa shape index (κ2) is 9.35. The highest BCUT2D eigenvalue weighted by Crippen LogP contribution is 2.21. The molecule has 4 amide bonds. The number of anilines is 1. The summed E-state index contributed by atoms with van der Waals surface area (Å²) in [4.78, 5) is 49.2. The topological polar surface area (TPSA) is 114 Å². The van der Waals surface area contributed by atoms with Gasteiger partial charge in [0.15, 0.2) is 6.61 Å². The number of ether oxygens (including phenoxy) is 2. The molecule has 1 fully saturated rings. The van der Waals surface area contributed by atoms with Crippen molar-refractivity contribution in [2.24, 2.45) is 0 Å². The highest BCUT2D eigenvalue weighted by Gasteiger charge is 2.37. The van der Waals surface area contributed by atoms with Crippen molar-refractivity contribution in [1.29, 1.82) is 0 Å². The largest absolute Gasteiger partial charge is 0.454 e. The van der Waals surface area contributed by atoms with Gasteiger partial charge in [-0.2, -0.15) is 0 Å². The molecule has 0 unspecified atom stereocenters. The average Bonchev–Trinajstić information content (AvgIpc) is 3.10. The second-order valence-corrected chi connectivity index (χ2v) is 7.42. The number of carbonyl (C=O) groups is 4. The predicted molar refractivity (Wildman–Crippen MR) is 100 cm³/mol. The van der Waals surface area contributed by atoms with Crippen molar-refractivity contribution < 1.29 is 33.0 Å². The lowest BCUT2D eigenvalue weighted by Crippen LogP contribution is -2.45. The van der Waals surface area contributed by atoms with Crippen LogP contribution in [0.25, 0.3) is 0 Å². The van der Waals surface area contributed by atoms with E-state index < -0.39 is 48.1 Å². The number of rotatable bonds is 4. The maximum atomic E-state index is 13.5. The van der Waals surface area contributed by atoms with Crippen molar-refractivity contribution in [3.63, 3.8) is 0 Å². The highest BCUT2D eigenvalue weighted by molar-refractivity contribution is 6.02. The Morgan fingerprint density at radius 2 is 1.90 bits per heavy atom. The van der Waals surface area contributed by atoms with Crippen LogP contribution in [0.1, 0.15) is 33.6 Å². The molecule has 1 saturated heterocycles. The second-order valence-electron chi connectivity index (χ2n) is 7.42. The molecule has 0 spiro atoms. The Hall–Kier alpha value is -3.17. The van der Waals surface area contributed by atoms with Crippen LogP contribution in [0.15, 0.2) is 24.3 Å². The minimum absolute atomic E-state index is 0.103. The van der Waals surface area contributed by atoms with Crippen LogP contribution in [-0.4, -0.2) is 53.7 Å². The van der Waals surface area contributed by atoms with E-state index in [0.717, 1.165) is 6.07 Å². The van der Waals surface area contributed by atoms with Crippen molar-refractivity contribution >= 4 is 29.7 Å². The number of para-hydroxylation sites is 1. The molecule has 1 aliphatic heterocycles. The third-order valence-corrected chi connectivity index (χ3v) is 3.87. The van der Waals surface area contributed by atoms with Gasteiger partial charge in [0.05, 0.1) is 5.69 Å². The molecule has 1 heterocycles. The molecule has 0 saturated carbocycles. The molecule has 158 valence electrons. The molecular formula is C19H24FN3O6. The van der Waals surface area contributed by atoms with E-state index in [2.05, 4.69) is 5.32 Å². The fraction of sp³-hybridized carbons (Fsp3) is 0.474. The maximum absolute atomic E-state index is 13.5. The van der Waals surface area contributed by atoms with E-state index in [1.807, 2.05) is 5.32 Å². The molecule has 1 aliphatic rings. The summed E-state index contributed by atoms with van der Waals surface area (Å²) in [5.74, 6) is -2.32. The zero-order chi connectivity index (χ0) is 21.6. The molecule has 2 rings (SSSR count). The Morgan fingerprint density at radius 1 is 1.21 bits per heavy atom. The normalized spacial score (nSPS) is 16.1. The summed E-state index contributed by atoms with van der Waals surface area (Å²) in [6, 6.07) is 3.62. The molecule has 0 bridgehead atoms. The van der Waals surface area contributed by atoms with Crippen molar-refractivity contribution in [1.82, 2.24) is 10.2 Å². The Labute approximate surface area is 167 Å². The molecular weight excluding hydrogens is 385 g/mol. The Kier molecular flexibility index (Phi) is 7.13. The van der Waals surface area contributed by atoms with Gasteiger partial charge in [0.1, 0.15) is 17.5 Å². The Bertz CT molecular complexity index is 792. The van der Waals surface area contributed by atoms with Crippen LogP contribution < -0.4 is 10.6 Å². The van der Waals surface area contributed by atoms with Crippen molar-refractivity contribution in [2.45, 2.75) is 45.3 Å². The number of amides is 4. The molecule has 9 nitrogen and oxygen atoms in total. The van der Waals surface area contributed by atoms with Gasteiger partial charge >= 0.3 is 18.1 Å². The van der Waals surface area contributed by atoms with Crippen molar-refractivity contribution in [3.05, 3.63) is 30.1 Å². The number of esters is 1. The van der Waals surface area contributed by atoms with E-state index in [1.54, 1.807) is 20.8 Å². The summed E-state index contributed by atoms with van der Waals surface area (Å²) >= 11 is 0. The number of hydrogen-bond donors (Lipinski definition) is 2. The third kappa shape index (κ3) is 6.74. The lowest BCUT2D eigenvalue weighted by atomic mass is 10.2. The fourth-order valence-corrected chi connectivity index (χ4v) is 2.66. The number of benzene rings is 1. The van der Waals surface area contributed by atoms with Gasteiger partial charge in [-0.05, 0) is 45.7 Å². The molecule has 10 heteroatoms. The zero-order valence-corrected chi connectivity index (χ0v) is 16.5. The van der Waals surface area contributed by atoms with Gasteiger partial charge in [-0.3, -0.25) is 15.0 Å². The SMILES string of the molecule is CC(C)(C)OC(=O)N1CCC[C@H]1C(=O)OCC(=O)NC(=O)Nc1ccccc1F. The predicted octanol–water partition coefficient (Wildman–Crippen LogP) is 2.42. The van der Waals surface area contributed by atoms with Crippen LogP contribution in [0.4, 0.5) is 19.7 Å². The van der Waals surface area contributed by atoms with E-state index >= 15 is 0 Å². The van der Waals surface area contributed by atoms with Crippen molar-refractivity contribution in [2.75, 3.05) is 18.5 Å². The zero-order valence-electron chi connectivity index (χ0n) is 16.5. The number of likely N-dealkylation sites (tertiary alicyclic amines) is 1. The van der Waals surface area contributed by atoms with Gasteiger partial charge in [-0.15, -0.1) is 0 Å². The van der Waals surface area contributed by atoms with Crippen LogP contribution in [0.3, 0.4) is 0 Å². The number of nitrogens with one attached hydrogen (secondary N) is 2. The summed E-state index contributed by atoms with van der Waals surface area (Å²) in [6.45, 7) is 4.76. The van der Waals surface area contributed by atoms with Gasteiger partial charge in [0.25, 0.3) is 5.91 Å². The number of halogens is 1. The van der Waals surface area contributed by atoms with E-state index in [0.29, 0.717) is 19.4 Å². The van der Waals surface area contributed by atoms with Crippen LogP contribution in [0.2, 0.25) is 0 Å². The first-order valence-electron chi connectivity index (χ1n) is 9.08. The van der Waals surface area contributed by atoms with Gasteiger partial charge in [0.2, 0.25) is 0 Å². The molecule has 0 radical (unpaired) electrons. The fourth-order valence-electron chi connectivity index (χ4n) is 2.66. The summed E-state index contributed by atoms with van der Waals surface area (Å²) in [7, 11) is 0. The molecule has 1 atom stereocenters. The number of urea groups is 1. The van der Waals surface area contributed by atoms with Gasteiger partial charge in [-0.1, -0.05) is 12.1 Å². The number of hydrogen-bond acceptors (Lipinski definition) is 6. The van der Waals surface area contributed by atoms with E-state index in [9.17, 15) is 23.6 Å². The Balaban J connectivity index is 1.81. The lowest BCUT2D eigenvalue weighted by molar-refractivity contribution is -0.152. The van der Waals surface area contributed by atoms with Crippen LogP contribution in [-0.2, 0) is 19.1 Å². The number of carbonyl (C=O) groups excluding carboxylic acids is 4. The summed E-state index contributed by atoms with van der Waals surface area (Å²) in [6.07, 6.45) is 0.342. The first kappa shape index (κ1) is 22.1. The molecule has 0 aliphatic carbocycles. The first-order valence-corrected chi connectivity index (χ1v) is 9.08. The standard InChI is InChI=1S/C19H24FN3O6/c1-19(2,3)29-18(27)23-10-6-9-14(23)16(25)28-11-15(24)22-17(26)21-13-8-5-4-7-12(13)20/h4-5,7-8,14H,6,9-11H2,1-3H3,(H2,21,22,24,26)/t14-/m0/s1. The highest BCUT2D eigenvalue weighted by atomic mass is 19.1. The number of imide groups is 1. The van der Waals surface area contributed by atoms with Crippen molar-refractivity contribution in [3.8, 4) is 0 Å². The lowest BCUT2D eigenvalue weighted by Gasteiger charge is -2.27. The molecule has 2 N–H and O–H groups in total. The van der Waals surface area contributed by atoms with Gasteiger partial charge in [-0.25, -0.2) is 18.8 Å². The average molecular weight is 409 g/mol. The monoisotopic (exact) mass is 409 g/mol. The van der Waals surface area contributed by atoms with E-state index in [1.165, 1.54) is 23.1 Å². The minimum Gasteiger partial charge on any atom is -0.454 e. The Morgan fingerprint density at radius 3 is 2.55 bits per heavy atom. The summed E-state index contributed by atoms with van der Waals surface area (Å²) in [5, 5.41) is 4.10. The van der Waals surface area contributed by atoms with Crippen LogP contribution in [0.5, 0.6) is 0 Å². The summed E-state index contributed by atoms with van der Waals surface area (Å²) in [5.41, 5.74) is -0.812. The molecule has 29 heavy (non-hydrogen) atoms. The quantitative estimate of drug-likeness (QED) is 0.739. The maximum Gasteiger partial charge on any atom is 0.411 e. The van der Waals surface area contributed by atoms with Crippen LogP contribution >= 0.6 is 0 Å². The van der Waals surface area contributed by atoms with Gasteiger partial charge < -0.3 is 14.8 Å². The smallest absolute Gasteiger partial charge is 0.411 e. The third-order valence-electron chi connectivity index (χ3n) is 3.87. The molecule has 0 aromatic heterocycles. The van der Waals surface area contributed by atoms with Crippen LogP contribution in [0, 0.1) is 5.82 Å².